The van der Waals surface area contributed by atoms with Gasteiger partial charge in [0.15, 0.2) is 9.84 Å². The number of likely N-dealkylation sites (N-methyl/N-ethyl adjacent to an activating group) is 1. The summed E-state index contributed by atoms with van der Waals surface area (Å²) >= 11 is 0. The first-order valence-electron chi connectivity index (χ1n) is 7.70. The number of hydrogen-bond acceptors (Lipinski definition) is 5. The Kier molecular flexibility index (Phi) is 4.22. The van der Waals surface area contributed by atoms with Crippen LogP contribution < -0.4 is 0 Å². The van der Waals surface area contributed by atoms with E-state index in [0.717, 1.165) is 25.2 Å². The van der Waals surface area contributed by atoms with Crippen LogP contribution in [0.3, 0.4) is 0 Å². The van der Waals surface area contributed by atoms with E-state index in [1.165, 1.54) is 0 Å². The molecular weight excluding hydrogens is 298 g/mol. The van der Waals surface area contributed by atoms with Crippen molar-refractivity contribution in [2.75, 3.05) is 31.1 Å². The number of nitriles is 1. The molecule has 2 fully saturated rings. The summed E-state index contributed by atoms with van der Waals surface area (Å²) in [6.07, 6.45) is 0. The van der Waals surface area contributed by atoms with Crippen molar-refractivity contribution in [2.24, 2.45) is 0 Å². The molecule has 0 saturated carbocycles. The molecule has 2 heterocycles. The van der Waals surface area contributed by atoms with E-state index in [1.807, 2.05) is 18.2 Å². The van der Waals surface area contributed by atoms with E-state index in [0.29, 0.717) is 12.1 Å². The average molecular weight is 319 g/mol. The van der Waals surface area contributed by atoms with Gasteiger partial charge in [0.1, 0.15) is 0 Å². The van der Waals surface area contributed by atoms with Crippen LogP contribution in [-0.4, -0.2) is 61.4 Å². The summed E-state index contributed by atoms with van der Waals surface area (Å²) in [4.78, 5) is 4.56. The summed E-state index contributed by atoms with van der Waals surface area (Å²) in [6, 6.07) is 9.92. The minimum atomic E-state index is -2.95. The summed E-state index contributed by atoms with van der Waals surface area (Å²) in [5.41, 5.74) is 1.73. The summed E-state index contributed by atoms with van der Waals surface area (Å²) < 4.78 is 24.1. The van der Waals surface area contributed by atoms with Gasteiger partial charge in [-0.1, -0.05) is 19.1 Å². The molecule has 0 bridgehead atoms. The second-order valence-corrected chi connectivity index (χ2v) is 8.28. The van der Waals surface area contributed by atoms with E-state index in [-0.39, 0.29) is 23.6 Å². The minimum Gasteiger partial charge on any atom is -0.297 e. The number of benzene rings is 1. The molecule has 5 nitrogen and oxygen atoms in total. The highest BCUT2D eigenvalue weighted by Crippen LogP contribution is 2.28. The van der Waals surface area contributed by atoms with Crippen molar-refractivity contribution in [3.63, 3.8) is 0 Å². The Balaban J connectivity index is 1.81. The van der Waals surface area contributed by atoms with Crippen LogP contribution in [0, 0.1) is 11.3 Å². The van der Waals surface area contributed by atoms with E-state index in [9.17, 15) is 8.42 Å². The molecular formula is C16H21N3O2S. The number of hydrogen-bond donors (Lipinski definition) is 0. The van der Waals surface area contributed by atoms with Crippen LogP contribution in [-0.2, 0) is 16.4 Å². The molecule has 0 amide bonds. The molecule has 1 aromatic carbocycles. The van der Waals surface area contributed by atoms with Gasteiger partial charge in [-0.25, -0.2) is 8.42 Å². The molecule has 6 heteroatoms. The molecule has 2 aliphatic heterocycles. The van der Waals surface area contributed by atoms with Crippen LogP contribution in [0.25, 0.3) is 0 Å². The topological polar surface area (TPSA) is 64.4 Å². The molecule has 0 aliphatic carbocycles. The molecule has 2 atom stereocenters. The molecule has 0 unspecified atom stereocenters. The smallest absolute Gasteiger partial charge is 0.153 e. The maximum Gasteiger partial charge on any atom is 0.153 e. The zero-order chi connectivity index (χ0) is 15.7. The normalized spacial score (nSPS) is 28.2. The average Bonchev–Trinajstić information content (AvgIpc) is 2.83. The molecule has 1 aromatic rings. The lowest BCUT2D eigenvalue weighted by atomic mass is 10.0. The zero-order valence-corrected chi connectivity index (χ0v) is 13.6. The molecule has 2 aliphatic rings. The van der Waals surface area contributed by atoms with Crippen LogP contribution in [0.1, 0.15) is 18.1 Å². The lowest BCUT2D eigenvalue weighted by molar-refractivity contribution is 0.0439. The third-order valence-electron chi connectivity index (χ3n) is 4.75. The second kappa shape index (κ2) is 5.99. The fourth-order valence-electron chi connectivity index (χ4n) is 3.66. The van der Waals surface area contributed by atoms with Crippen molar-refractivity contribution in [1.82, 2.24) is 9.80 Å². The summed E-state index contributed by atoms with van der Waals surface area (Å²) in [6.45, 7) is 5.48. The Morgan fingerprint density at radius 3 is 2.59 bits per heavy atom. The first kappa shape index (κ1) is 15.5. The van der Waals surface area contributed by atoms with E-state index < -0.39 is 9.84 Å². The Morgan fingerprint density at radius 2 is 1.91 bits per heavy atom. The third-order valence-corrected chi connectivity index (χ3v) is 6.45. The van der Waals surface area contributed by atoms with Crippen molar-refractivity contribution < 1.29 is 8.42 Å². The Morgan fingerprint density at radius 1 is 1.23 bits per heavy atom. The Bertz CT molecular complexity index is 696. The maximum atomic E-state index is 12.1. The molecule has 3 rings (SSSR count). The zero-order valence-electron chi connectivity index (χ0n) is 12.8. The molecule has 118 valence electrons. The summed E-state index contributed by atoms with van der Waals surface area (Å²) in [7, 11) is -2.95. The first-order chi connectivity index (χ1) is 10.5. The molecule has 22 heavy (non-hydrogen) atoms. The lowest BCUT2D eigenvalue weighted by Gasteiger charge is -2.43. The predicted molar refractivity (Wildman–Crippen MR) is 85.0 cm³/mol. The highest BCUT2D eigenvalue weighted by Gasteiger charge is 2.45. The Labute approximate surface area is 132 Å². The number of fused-ring (bicyclic) bond motifs is 1. The van der Waals surface area contributed by atoms with E-state index in [1.54, 1.807) is 6.07 Å². The standard InChI is InChI=1S/C16H21N3O2S/c1-2-18-6-7-19(16-12-22(20,21)11-15(16)18)10-14-5-3-4-13(8-14)9-17/h3-5,8,15-16H,2,6-7,10-12H2,1H3/t15-,16+/m1/s1. The largest absolute Gasteiger partial charge is 0.297 e. The Hall–Kier alpha value is -1.42. The van der Waals surface area contributed by atoms with Gasteiger partial charge in [-0.3, -0.25) is 9.80 Å². The van der Waals surface area contributed by atoms with Crippen LogP contribution in [0.4, 0.5) is 0 Å². The number of rotatable bonds is 3. The van der Waals surface area contributed by atoms with Gasteiger partial charge in [-0.2, -0.15) is 5.26 Å². The van der Waals surface area contributed by atoms with Crippen molar-refractivity contribution in [1.29, 1.82) is 5.26 Å². The number of piperazine rings is 1. The summed E-state index contributed by atoms with van der Waals surface area (Å²) in [5.74, 6) is 0.534. The van der Waals surface area contributed by atoms with Gasteiger partial charge >= 0.3 is 0 Å². The van der Waals surface area contributed by atoms with Gasteiger partial charge in [-0.05, 0) is 24.2 Å². The van der Waals surface area contributed by atoms with Gasteiger partial charge in [0.25, 0.3) is 0 Å². The fourth-order valence-corrected chi connectivity index (χ4v) is 5.70. The number of nitrogens with zero attached hydrogens (tertiary/aromatic N) is 3. The van der Waals surface area contributed by atoms with E-state index in [4.69, 9.17) is 5.26 Å². The predicted octanol–water partition coefficient (Wildman–Crippen LogP) is 0.861. The van der Waals surface area contributed by atoms with Gasteiger partial charge < -0.3 is 0 Å². The lowest BCUT2D eigenvalue weighted by Crippen LogP contribution is -2.58. The van der Waals surface area contributed by atoms with E-state index in [2.05, 4.69) is 22.8 Å². The maximum absolute atomic E-state index is 12.1. The SMILES string of the molecule is CCN1CCN(Cc2cccc(C#N)c2)[C@H]2CS(=O)(=O)C[C@H]21. The highest BCUT2D eigenvalue weighted by atomic mass is 32.2. The molecule has 0 aromatic heterocycles. The van der Waals surface area contributed by atoms with Gasteiger partial charge in [0, 0.05) is 31.7 Å². The van der Waals surface area contributed by atoms with Crippen molar-refractivity contribution in [2.45, 2.75) is 25.6 Å². The summed E-state index contributed by atoms with van der Waals surface area (Å²) in [5, 5.41) is 9.00. The highest BCUT2D eigenvalue weighted by molar-refractivity contribution is 7.91. The van der Waals surface area contributed by atoms with Crippen LogP contribution >= 0.6 is 0 Å². The van der Waals surface area contributed by atoms with Gasteiger partial charge in [0.2, 0.25) is 0 Å². The number of sulfone groups is 1. The van der Waals surface area contributed by atoms with Crippen molar-refractivity contribution in [3.8, 4) is 6.07 Å². The molecule has 2 saturated heterocycles. The fraction of sp³-hybridized carbons (Fsp3) is 0.562. The first-order valence-corrected chi connectivity index (χ1v) is 9.52. The monoisotopic (exact) mass is 319 g/mol. The van der Waals surface area contributed by atoms with Crippen LogP contribution in [0.5, 0.6) is 0 Å². The van der Waals surface area contributed by atoms with Gasteiger partial charge in [-0.15, -0.1) is 0 Å². The third kappa shape index (κ3) is 3.02. The van der Waals surface area contributed by atoms with Crippen LogP contribution in [0.15, 0.2) is 24.3 Å². The molecule has 0 N–H and O–H groups in total. The van der Waals surface area contributed by atoms with Crippen molar-refractivity contribution in [3.05, 3.63) is 35.4 Å². The quantitative estimate of drug-likeness (QED) is 0.827. The van der Waals surface area contributed by atoms with Crippen LogP contribution in [0.2, 0.25) is 0 Å². The van der Waals surface area contributed by atoms with Crippen molar-refractivity contribution >= 4 is 9.84 Å². The van der Waals surface area contributed by atoms with Gasteiger partial charge in [0.05, 0.1) is 23.1 Å². The minimum absolute atomic E-state index is 0.0736. The molecule has 0 radical (unpaired) electrons. The molecule has 0 spiro atoms. The second-order valence-electron chi connectivity index (χ2n) is 6.12. The van der Waals surface area contributed by atoms with E-state index >= 15 is 0 Å².